The van der Waals surface area contributed by atoms with Crippen LogP contribution in [0.15, 0.2) is 0 Å². The summed E-state index contributed by atoms with van der Waals surface area (Å²) >= 11 is 0. The standard InChI is InChI=1S/C14H30O7/c1-2-3-6-20-14(13(11-17)21-8-5-16)12-19-10-9-18-7-4-15/h13-17H,2-12H2,1H3. The summed E-state index contributed by atoms with van der Waals surface area (Å²) < 4.78 is 21.6. The van der Waals surface area contributed by atoms with Crippen molar-refractivity contribution in [2.45, 2.75) is 32.0 Å². The summed E-state index contributed by atoms with van der Waals surface area (Å²) in [5, 5.41) is 26.7. The second-order valence-electron chi connectivity index (χ2n) is 4.49. The minimum Gasteiger partial charge on any atom is -0.394 e. The Kier molecular flexibility index (Phi) is 15.9. The largest absolute Gasteiger partial charge is 0.394 e. The monoisotopic (exact) mass is 310 g/mol. The van der Waals surface area contributed by atoms with E-state index in [4.69, 9.17) is 29.2 Å². The summed E-state index contributed by atoms with van der Waals surface area (Å²) in [6, 6.07) is 0. The maximum absolute atomic E-state index is 9.36. The van der Waals surface area contributed by atoms with Gasteiger partial charge in [0.1, 0.15) is 12.2 Å². The Labute approximate surface area is 126 Å². The summed E-state index contributed by atoms with van der Waals surface area (Å²) in [6.07, 6.45) is 1.04. The molecule has 0 spiro atoms. The summed E-state index contributed by atoms with van der Waals surface area (Å²) in [4.78, 5) is 0. The average molecular weight is 310 g/mol. The van der Waals surface area contributed by atoms with Crippen molar-refractivity contribution in [2.75, 3.05) is 59.5 Å². The molecule has 0 aliphatic carbocycles. The maximum atomic E-state index is 9.36. The van der Waals surface area contributed by atoms with Gasteiger partial charge in [0.15, 0.2) is 0 Å². The Bertz CT molecular complexity index is 204. The predicted octanol–water partition coefficient (Wildman–Crippen LogP) is -0.433. The third kappa shape index (κ3) is 12.0. The number of aliphatic hydroxyl groups is 3. The number of hydrogen-bond donors (Lipinski definition) is 3. The minimum atomic E-state index is -0.521. The Morgan fingerprint density at radius 1 is 0.762 bits per heavy atom. The van der Waals surface area contributed by atoms with Crippen LogP contribution in [0.25, 0.3) is 0 Å². The van der Waals surface area contributed by atoms with Crippen molar-refractivity contribution in [2.24, 2.45) is 0 Å². The molecule has 0 bridgehead atoms. The molecule has 0 fully saturated rings. The van der Waals surface area contributed by atoms with Crippen LogP contribution in [0.1, 0.15) is 19.8 Å². The highest BCUT2D eigenvalue weighted by atomic mass is 16.6. The fraction of sp³-hybridized carbons (Fsp3) is 1.00. The first kappa shape index (κ1) is 20.7. The molecule has 7 nitrogen and oxygen atoms in total. The molecule has 0 heterocycles. The van der Waals surface area contributed by atoms with Gasteiger partial charge in [-0.25, -0.2) is 0 Å². The van der Waals surface area contributed by atoms with Crippen LogP contribution in [0.2, 0.25) is 0 Å². The van der Waals surface area contributed by atoms with Gasteiger partial charge in [-0.1, -0.05) is 13.3 Å². The summed E-state index contributed by atoms with van der Waals surface area (Å²) in [5.74, 6) is 0. The first-order valence-corrected chi connectivity index (χ1v) is 7.51. The van der Waals surface area contributed by atoms with Crippen molar-refractivity contribution in [1.29, 1.82) is 0 Å². The lowest BCUT2D eigenvalue weighted by molar-refractivity contribution is -0.125. The van der Waals surface area contributed by atoms with Gasteiger partial charge in [0.2, 0.25) is 0 Å². The zero-order valence-electron chi connectivity index (χ0n) is 12.9. The van der Waals surface area contributed by atoms with E-state index in [0.717, 1.165) is 12.8 Å². The molecular formula is C14H30O7. The van der Waals surface area contributed by atoms with Crippen LogP contribution in [-0.4, -0.2) is 87.0 Å². The first-order chi connectivity index (χ1) is 10.3. The summed E-state index contributed by atoms with van der Waals surface area (Å²) in [6.45, 7) is 3.83. The van der Waals surface area contributed by atoms with Crippen LogP contribution in [0.4, 0.5) is 0 Å². The van der Waals surface area contributed by atoms with E-state index < -0.39 is 6.10 Å². The minimum absolute atomic E-state index is 0.00958. The Morgan fingerprint density at radius 3 is 2.05 bits per heavy atom. The highest BCUT2D eigenvalue weighted by Gasteiger charge is 2.22. The molecule has 0 aliphatic rings. The lowest BCUT2D eigenvalue weighted by atomic mass is 10.2. The molecule has 128 valence electrons. The third-order valence-electron chi connectivity index (χ3n) is 2.74. The summed E-state index contributed by atoms with van der Waals surface area (Å²) in [7, 11) is 0. The first-order valence-electron chi connectivity index (χ1n) is 7.51. The molecule has 21 heavy (non-hydrogen) atoms. The van der Waals surface area contributed by atoms with E-state index in [2.05, 4.69) is 6.92 Å². The van der Waals surface area contributed by atoms with E-state index >= 15 is 0 Å². The molecule has 0 aromatic carbocycles. The molecule has 2 atom stereocenters. The number of aliphatic hydroxyl groups excluding tert-OH is 3. The van der Waals surface area contributed by atoms with Crippen LogP contribution in [-0.2, 0) is 18.9 Å². The van der Waals surface area contributed by atoms with Crippen molar-refractivity contribution in [3.8, 4) is 0 Å². The van der Waals surface area contributed by atoms with Gasteiger partial charge >= 0.3 is 0 Å². The van der Waals surface area contributed by atoms with Crippen LogP contribution in [0, 0.1) is 0 Å². The van der Waals surface area contributed by atoms with Crippen molar-refractivity contribution in [3.63, 3.8) is 0 Å². The van der Waals surface area contributed by atoms with E-state index in [9.17, 15) is 5.11 Å². The second-order valence-corrected chi connectivity index (χ2v) is 4.49. The lowest BCUT2D eigenvalue weighted by Gasteiger charge is -2.26. The average Bonchev–Trinajstić information content (AvgIpc) is 2.50. The lowest BCUT2D eigenvalue weighted by Crippen LogP contribution is -2.39. The molecule has 0 aromatic heterocycles. The number of hydrogen-bond acceptors (Lipinski definition) is 7. The van der Waals surface area contributed by atoms with Crippen LogP contribution < -0.4 is 0 Å². The van der Waals surface area contributed by atoms with Crippen LogP contribution >= 0.6 is 0 Å². The number of rotatable bonds is 16. The van der Waals surface area contributed by atoms with Crippen molar-refractivity contribution >= 4 is 0 Å². The molecule has 2 unspecified atom stereocenters. The van der Waals surface area contributed by atoms with Crippen molar-refractivity contribution in [1.82, 2.24) is 0 Å². The molecule has 0 rings (SSSR count). The highest BCUT2D eigenvalue weighted by Crippen LogP contribution is 2.07. The van der Waals surface area contributed by atoms with E-state index in [0.29, 0.717) is 26.4 Å². The highest BCUT2D eigenvalue weighted by molar-refractivity contribution is 4.70. The number of unbranched alkanes of at least 4 members (excludes halogenated alkanes) is 1. The maximum Gasteiger partial charge on any atom is 0.109 e. The topological polar surface area (TPSA) is 97.6 Å². The smallest absolute Gasteiger partial charge is 0.109 e. The summed E-state index contributed by atoms with van der Waals surface area (Å²) in [5.41, 5.74) is 0. The molecule has 0 aromatic rings. The van der Waals surface area contributed by atoms with E-state index in [1.54, 1.807) is 0 Å². The Hall–Kier alpha value is -0.280. The zero-order valence-corrected chi connectivity index (χ0v) is 12.9. The fourth-order valence-corrected chi connectivity index (χ4v) is 1.61. The third-order valence-corrected chi connectivity index (χ3v) is 2.74. The zero-order chi connectivity index (χ0) is 15.8. The molecule has 0 saturated carbocycles. The van der Waals surface area contributed by atoms with Crippen LogP contribution in [0.5, 0.6) is 0 Å². The number of ether oxygens (including phenoxy) is 4. The molecule has 3 N–H and O–H groups in total. The second kappa shape index (κ2) is 16.1. The Balaban J connectivity index is 4.04. The molecular weight excluding hydrogens is 280 g/mol. The molecule has 0 saturated heterocycles. The van der Waals surface area contributed by atoms with E-state index in [1.807, 2.05) is 0 Å². The van der Waals surface area contributed by atoms with Crippen molar-refractivity contribution < 1.29 is 34.3 Å². The molecule has 0 aliphatic heterocycles. The van der Waals surface area contributed by atoms with Gasteiger partial charge in [-0.2, -0.15) is 0 Å². The van der Waals surface area contributed by atoms with E-state index in [1.165, 1.54) is 0 Å². The normalized spacial score (nSPS) is 14.3. The SMILES string of the molecule is CCCCOC(COCCOCCO)C(CO)OCCO. The molecule has 0 amide bonds. The fourth-order valence-electron chi connectivity index (χ4n) is 1.61. The van der Waals surface area contributed by atoms with E-state index in [-0.39, 0.29) is 39.1 Å². The Morgan fingerprint density at radius 2 is 1.43 bits per heavy atom. The predicted molar refractivity (Wildman–Crippen MR) is 77.3 cm³/mol. The van der Waals surface area contributed by atoms with Gasteiger partial charge in [-0.15, -0.1) is 0 Å². The van der Waals surface area contributed by atoms with Gasteiger partial charge in [0, 0.05) is 6.61 Å². The molecule has 7 heteroatoms. The van der Waals surface area contributed by atoms with Gasteiger partial charge < -0.3 is 34.3 Å². The van der Waals surface area contributed by atoms with Gasteiger partial charge in [0.05, 0.1) is 52.9 Å². The molecule has 0 radical (unpaired) electrons. The van der Waals surface area contributed by atoms with Crippen LogP contribution in [0.3, 0.4) is 0 Å². The van der Waals surface area contributed by atoms with Gasteiger partial charge in [-0.05, 0) is 6.42 Å². The quantitative estimate of drug-likeness (QED) is 0.333. The van der Waals surface area contributed by atoms with Gasteiger partial charge in [0.25, 0.3) is 0 Å². The van der Waals surface area contributed by atoms with Gasteiger partial charge in [-0.3, -0.25) is 0 Å². The van der Waals surface area contributed by atoms with Crippen molar-refractivity contribution in [3.05, 3.63) is 0 Å².